The second-order valence-corrected chi connectivity index (χ2v) is 4.85. The van der Waals surface area contributed by atoms with E-state index in [1.54, 1.807) is 0 Å². The van der Waals surface area contributed by atoms with Gasteiger partial charge in [-0.3, -0.25) is 4.18 Å². The van der Waals surface area contributed by atoms with E-state index in [2.05, 4.69) is 4.18 Å². The van der Waals surface area contributed by atoms with Crippen molar-refractivity contribution < 1.29 is 27.2 Å². The van der Waals surface area contributed by atoms with Crippen LogP contribution < -0.4 is 0 Å². The first-order chi connectivity index (χ1) is 6.88. The highest BCUT2D eigenvalue weighted by molar-refractivity contribution is 7.85. The van der Waals surface area contributed by atoms with Crippen LogP contribution in [0.4, 0.5) is 4.79 Å². The molecular formula is C7H13NO6S. The van der Waals surface area contributed by atoms with Gasteiger partial charge in [0.05, 0.1) is 26.0 Å². The molecule has 1 atom stereocenters. The number of amides is 1. The zero-order chi connectivity index (χ0) is 11.5. The zero-order valence-corrected chi connectivity index (χ0v) is 9.07. The smallest absolute Gasteiger partial charge is 0.407 e. The fraction of sp³-hybridized carbons (Fsp3) is 0.857. The van der Waals surface area contributed by atoms with Crippen molar-refractivity contribution in [1.82, 2.24) is 4.90 Å². The van der Waals surface area contributed by atoms with E-state index in [0.717, 1.165) is 6.26 Å². The van der Waals surface area contributed by atoms with Gasteiger partial charge in [0.1, 0.15) is 6.10 Å². The molecule has 1 fully saturated rings. The van der Waals surface area contributed by atoms with E-state index in [1.807, 2.05) is 0 Å². The SMILES string of the molecule is CS(=O)(=O)OC[C@@H]1CN(C(=O)O)CCO1. The van der Waals surface area contributed by atoms with Crippen LogP contribution in [0.1, 0.15) is 0 Å². The maximum absolute atomic E-state index is 10.7. The number of carboxylic acid groups (broad SMARTS) is 1. The average molecular weight is 239 g/mol. The van der Waals surface area contributed by atoms with E-state index in [-0.39, 0.29) is 19.8 Å². The molecule has 1 saturated heterocycles. The first kappa shape index (κ1) is 12.2. The molecule has 1 rings (SSSR count). The summed E-state index contributed by atoms with van der Waals surface area (Å²) in [6.07, 6.45) is -0.627. The van der Waals surface area contributed by atoms with Crippen molar-refractivity contribution in [3.8, 4) is 0 Å². The Hall–Kier alpha value is -0.860. The van der Waals surface area contributed by atoms with Gasteiger partial charge in [-0.2, -0.15) is 8.42 Å². The first-order valence-corrected chi connectivity index (χ1v) is 6.14. The molecule has 0 radical (unpaired) electrons. The van der Waals surface area contributed by atoms with Crippen molar-refractivity contribution in [3.63, 3.8) is 0 Å². The summed E-state index contributed by atoms with van der Waals surface area (Å²) in [5.41, 5.74) is 0. The largest absolute Gasteiger partial charge is 0.465 e. The van der Waals surface area contributed by atoms with Crippen LogP contribution in [-0.4, -0.2) is 63.2 Å². The molecule has 0 aliphatic carbocycles. The molecule has 0 bridgehead atoms. The van der Waals surface area contributed by atoms with Crippen LogP contribution in [-0.2, 0) is 19.0 Å². The van der Waals surface area contributed by atoms with Crippen LogP contribution in [0.15, 0.2) is 0 Å². The van der Waals surface area contributed by atoms with Crippen LogP contribution in [0.25, 0.3) is 0 Å². The molecular weight excluding hydrogens is 226 g/mol. The molecule has 88 valence electrons. The van der Waals surface area contributed by atoms with Crippen LogP contribution in [0.5, 0.6) is 0 Å². The van der Waals surface area contributed by atoms with E-state index >= 15 is 0 Å². The summed E-state index contributed by atoms with van der Waals surface area (Å²) < 4.78 is 31.0. The molecule has 1 N–H and O–H groups in total. The normalized spacial score (nSPS) is 22.7. The fourth-order valence-electron chi connectivity index (χ4n) is 1.19. The quantitative estimate of drug-likeness (QED) is 0.657. The molecule has 0 saturated carbocycles. The van der Waals surface area contributed by atoms with Gasteiger partial charge in [0.2, 0.25) is 0 Å². The molecule has 8 heteroatoms. The van der Waals surface area contributed by atoms with E-state index in [1.165, 1.54) is 4.90 Å². The maximum Gasteiger partial charge on any atom is 0.407 e. The highest BCUT2D eigenvalue weighted by Crippen LogP contribution is 2.06. The Morgan fingerprint density at radius 1 is 1.67 bits per heavy atom. The Balaban J connectivity index is 2.40. The highest BCUT2D eigenvalue weighted by atomic mass is 32.2. The van der Waals surface area contributed by atoms with Crippen molar-refractivity contribution in [2.24, 2.45) is 0 Å². The number of nitrogens with zero attached hydrogens (tertiary/aromatic N) is 1. The monoisotopic (exact) mass is 239 g/mol. The summed E-state index contributed by atoms with van der Waals surface area (Å²) >= 11 is 0. The Kier molecular flexibility index (Phi) is 3.89. The number of hydrogen-bond acceptors (Lipinski definition) is 5. The number of hydrogen-bond donors (Lipinski definition) is 1. The summed E-state index contributed by atoms with van der Waals surface area (Å²) in [7, 11) is -3.51. The van der Waals surface area contributed by atoms with Gasteiger partial charge in [-0.25, -0.2) is 4.79 Å². The molecule has 0 aromatic rings. The predicted octanol–water partition coefficient (Wildman–Crippen LogP) is -0.659. The highest BCUT2D eigenvalue weighted by Gasteiger charge is 2.24. The number of rotatable bonds is 3. The van der Waals surface area contributed by atoms with Crippen molar-refractivity contribution in [3.05, 3.63) is 0 Å². The van der Waals surface area contributed by atoms with Crippen LogP contribution in [0.2, 0.25) is 0 Å². The maximum atomic E-state index is 10.7. The lowest BCUT2D eigenvalue weighted by Gasteiger charge is -2.30. The fourth-order valence-corrected chi connectivity index (χ4v) is 1.59. The number of ether oxygens (including phenoxy) is 1. The Labute approximate surface area is 87.7 Å². The second kappa shape index (κ2) is 4.77. The number of carbonyl (C=O) groups is 1. The second-order valence-electron chi connectivity index (χ2n) is 3.21. The molecule has 0 unspecified atom stereocenters. The topological polar surface area (TPSA) is 93.1 Å². The van der Waals surface area contributed by atoms with Crippen molar-refractivity contribution in [2.75, 3.05) is 32.6 Å². The van der Waals surface area contributed by atoms with Gasteiger partial charge >= 0.3 is 6.09 Å². The van der Waals surface area contributed by atoms with Crippen molar-refractivity contribution in [2.45, 2.75) is 6.10 Å². The molecule has 7 nitrogen and oxygen atoms in total. The minimum atomic E-state index is -3.51. The Morgan fingerprint density at radius 3 is 2.87 bits per heavy atom. The molecule has 15 heavy (non-hydrogen) atoms. The molecule has 0 aromatic heterocycles. The van der Waals surface area contributed by atoms with Crippen LogP contribution >= 0.6 is 0 Å². The lowest BCUT2D eigenvalue weighted by atomic mass is 10.3. The lowest BCUT2D eigenvalue weighted by molar-refractivity contribution is -0.0400. The zero-order valence-electron chi connectivity index (χ0n) is 8.25. The van der Waals surface area contributed by atoms with E-state index in [4.69, 9.17) is 9.84 Å². The van der Waals surface area contributed by atoms with E-state index in [9.17, 15) is 13.2 Å². The third kappa shape index (κ3) is 4.45. The van der Waals surface area contributed by atoms with Gasteiger partial charge in [-0.05, 0) is 0 Å². The molecule has 1 aliphatic rings. The molecule has 1 aliphatic heterocycles. The van der Waals surface area contributed by atoms with Gasteiger partial charge in [-0.15, -0.1) is 0 Å². The summed E-state index contributed by atoms with van der Waals surface area (Å²) in [5.74, 6) is 0. The van der Waals surface area contributed by atoms with Gasteiger partial charge in [0, 0.05) is 6.54 Å². The van der Waals surface area contributed by atoms with E-state index in [0.29, 0.717) is 6.54 Å². The van der Waals surface area contributed by atoms with Crippen molar-refractivity contribution >= 4 is 16.2 Å². The van der Waals surface area contributed by atoms with Crippen LogP contribution in [0.3, 0.4) is 0 Å². The lowest BCUT2D eigenvalue weighted by Crippen LogP contribution is -2.46. The van der Waals surface area contributed by atoms with Gasteiger partial charge < -0.3 is 14.7 Å². The molecule has 0 aromatic carbocycles. The summed E-state index contributed by atoms with van der Waals surface area (Å²) in [5, 5.41) is 8.70. The summed E-state index contributed by atoms with van der Waals surface area (Å²) in [6, 6.07) is 0. The van der Waals surface area contributed by atoms with Crippen molar-refractivity contribution in [1.29, 1.82) is 0 Å². The molecule has 1 amide bonds. The standard InChI is InChI=1S/C7H13NO6S/c1-15(11,12)14-5-6-4-8(7(9)10)2-3-13-6/h6H,2-5H2,1H3,(H,9,10)/t6-/m0/s1. The minimum Gasteiger partial charge on any atom is -0.465 e. The van der Waals surface area contributed by atoms with E-state index < -0.39 is 22.3 Å². The Morgan fingerprint density at radius 2 is 2.33 bits per heavy atom. The molecule has 1 heterocycles. The minimum absolute atomic E-state index is 0.130. The number of morpholine rings is 1. The van der Waals surface area contributed by atoms with Gasteiger partial charge in [0.25, 0.3) is 10.1 Å². The summed E-state index contributed by atoms with van der Waals surface area (Å²) in [4.78, 5) is 11.8. The molecule has 0 spiro atoms. The third-order valence-electron chi connectivity index (χ3n) is 1.88. The first-order valence-electron chi connectivity index (χ1n) is 4.32. The van der Waals surface area contributed by atoms with Gasteiger partial charge in [0.15, 0.2) is 0 Å². The third-order valence-corrected chi connectivity index (χ3v) is 2.44. The average Bonchev–Trinajstić information content (AvgIpc) is 2.14. The van der Waals surface area contributed by atoms with Gasteiger partial charge in [-0.1, -0.05) is 0 Å². The summed E-state index contributed by atoms with van der Waals surface area (Å²) in [6.45, 7) is 0.530. The van der Waals surface area contributed by atoms with Crippen LogP contribution in [0, 0.1) is 0 Å². The Bertz CT molecular complexity index is 326. The predicted molar refractivity (Wildman–Crippen MR) is 50.1 cm³/mol.